The second-order valence-electron chi connectivity index (χ2n) is 10.3. The normalized spacial score (nSPS) is 14.1. The van der Waals surface area contributed by atoms with Gasteiger partial charge in [0, 0.05) is 30.2 Å². The lowest BCUT2D eigenvalue weighted by Gasteiger charge is -2.29. The van der Waals surface area contributed by atoms with E-state index in [0.717, 1.165) is 50.5 Å². The van der Waals surface area contributed by atoms with E-state index in [1.54, 1.807) is 17.6 Å². The number of imidazole rings is 1. The van der Waals surface area contributed by atoms with Crippen molar-refractivity contribution < 1.29 is 9.53 Å². The number of anilines is 3. The molecule has 0 saturated heterocycles. The quantitative estimate of drug-likeness (QED) is 0.295. The van der Waals surface area contributed by atoms with Crippen LogP contribution in [0.5, 0.6) is 0 Å². The molecule has 0 saturated carbocycles. The van der Waals surface area contributed by atoms with Crippen LogP contribution in [0.25, 0.3) is 27.6 Å². The number of nitrogens with zero attached hydrogens (tertiary/aromatic N) is 5. The molecule has 2 aromatic carbocycles. The summed E-state index contributed by atoms with van der Waals surface area (Å²) in [4.78, 5) is 36.6. The van der Waals surface area contributed by atoms with Gasteiger partial charge >= 0.3 is 6.09 Å². The molecule has 9 heteroatoms. The van der Waals surface area contributed by atoms with Gasteiger partial charge in [0.2, 0.25) is 0 Å². The summed E-state index contributed by atoms with van der Waals surface area (Å²) in [5, 5.41) is 0.909. The summed E-state index contributed by atoms with van der Waals surface area (Å²) in [7, 11) is 0. The van der Waals surface area contributed by atoms with Crippen LogP contribution in [0.2, 0.25) is 0 Å². The maximum absolute atomic E-state index is 12.5. The molecule has 1 aliphatic rings. The number of hydrogen-bond acceptors (Lipinski definition) is 6. The molecule has 1 aliphatic heterocycles. The summed E-state index contributed by atoms with van der Waals surface area (Å²) in [5.74, 6) is 0.773. The molecule has 0 atom stereocenters. The Morgan fingerprint density at radius 2 is 1.87 bits per heavy atom. The van der Waals surface area contributed by atoms with Gasteiger partial charge in [-0.05, 0) is 69.2 Å². The lowest BCUT2D eigenvalue weighted by atomic mass is 10.1. The van der Waals surface area contributed by atoms with Crippen molar-refractivity contribution in [2.75, 3.05) is 18.0 Å². The van der Waals surface area contributed by atoms with Gasteiger partial charge in [0.1, 0.15) is 17.6 Å². The SMILES string of the molecule is CC(C)(C)OC(=O)N1CC=C(c2cc3c(N(c4ccccc4)c4ccc5nc[nH]c5c4)ncnc3[nH]2)CC1. The van der Waals surface area contributed by atoms with Crippen molar-refractivity contribution in [3.05, 3.63) is 79.0 Å². The maximum Gasteiger partial charge on any atom is 0.410 e. The van der Waals surface area contributed by atoms with Gasteiger partial charge in [-0.25, -0.2) is 19.7 Å². The maximum atomic E-state index is 12.5. The Labute approximate surface area is 220 Å². The zero-order valence-corrected chi connectivity index (χ0v) is 21.6. The predicted molar refractivity (Wildman–Crippen MR) is 149 cm³/mol. The Kier molecular flexibility index (Phi) is 5.83. The molecule has 0 spiro atoms. The minimum absolute atomic E-state index is 0.287. The molecular weight excluding hydrogens is 478 g/mol. The van der Waals surface area contributed by atoms with E-state index in [9.17, 15) is 4.79 Å². The van der Waals surface area contributed by atoms with Crippen LogP contribution in [0.3, 0.4) is 0 Å². The molecule has 2 N–H and O–H groups in total. The molecule has 1 amide bonds. The number of ether oxygens (including phenoxy) is 1. The van der Waals surface area contributed by atoms with Crippen molar-refractivity contribution >= 4 is 50.9 Å². The fraction of sp³-hybridized carbons (Fsp3) is 0.241. The number of para-hydroxylation sites is 1. The lowest BCUT2D eigenvalue weighted by molar-refractivity contribution is 0.0270. The van der Waals surface area contributed by atoms with Crippen LogP contribution in [0.1, 0.15) is 32.9 Å². The van der Waals surface area contributed by atoms with Crippen molar-refractivity contribution in [2.24, 2.45) is 0 Å². The molecule has 6 rings (SSSR count). The van der Waals surface area contributed by atoms with Gasteiger partial charge in [-0.15, -0.1) is 0 Å². The molecular formula is C29H29N7O2. The Morgan fingerprint density at radius 1 is 1.03 bits per heavy atom. The Bertz CT molecular complexity index is 1650. The monoisotopic (exact) mass is 507 g/mol. The van der Waals surface area contributed by atoms with E-state index < -0.39 is 5.60 Å². The number of H-pyrrole nitrogens is 2. The van der Waals surface area contributed by atoms with Crippen molar-refractivity contribution in [1.82, 2.24) is 29.8 Å². The topological polar surface area (TPSA) is 103 Å². The summed E-state index contributed by atoms with van der Waals surface area (Å²) in [6, 6.07) is 18.4. The van der Waals surface area contributed by atoms with Crippen LogP contribution < -0.4 is 4.90 Å². The first-order valence-corrected chi connectivity index (χ1v) is 12.6. The van der Waals surface area contributed by atoms with E-state index in [1.165, 1.54) is 0 Å². The first-order chi connectivity index (χ1) is 18.4. The molecule has 4 heterocycles. The third-order valence-corrected chi connectivity index (χ3v) is 6.50. The summed E-state index contributed by atoms with van der Waals surface area (Å²) < 4.78 is 5.53. The Morgan fingerprint density at radius 3 is 2.63 bits per heavy atom. The first-order valence-electron chi connectivity index (χ1n) is 12.6. The molecule has 38 heavy (non-hydrogen) atoms. The zero-order valence-electron chi connectivity index (χ0n) is 21.6. The number of aromatic nitrogens is 5. The van der Waals surface area contributed by atoms with Crippen LogP contribution in [-0.4, -0.2) is 54.6 Å². The van der Waals surface area contributed by atoms with Crippen molar-refractivity contribution in [3.63, 3.8) is 0 Å². The van der Waals surface area contributed by atoms with Crippen LogP contribution >= 0.6 is 0 Å². The highest BCUT2D eigenvalue weighted by molar-refractivity contribution is 5.96. The number of nitrogens with one attached hydrogen (secondary N) is 2. The summed E-state index contributed by atoms with van der Waals surface area (Å²) in [5.41, 5.74) is 6.15. The van der Waals surface area contributed by atoms with Gasteiger partial charge in [0.15, 0.2) is 5.82 Å². The van der Waals surface area contributed by atoms with Gasteiger partial charge in [-0.2, -0.15) is 0 Å². The molecule has 5 aromatic rings. The van der Waals surface area contributed by atoms with Crippen molar-refractivity contribution in [1.29, 1.82) is 0 Å². The summed E-state index contributed by atoms with van der Waals surface area (Å²) >= 11 is 0. The largest absolute Gasteiger partial charge is 0.444 e. The number of fused-ring (bicyclic) bond motifs is 2. The average molecular weight is 508 g/mol. The number of carbonyl (C=O) groups is 1. The van der Waals surface area contributed by atoms with Crippen LogP contribution in [0, 0.1) is 0 Å². The third-order valence-electron chi connectivity index (χ3n) is 6.50. The van der Waals surface area contributed by atoms with Crippen LogP contribution in [0.15, 0.2) is 73.3 Å². The number of benzene rings is 2. The Hall–Kier alpha value is -4.66. The smallest absolute Gasteiger partial charge is 0.410 e. The van der Waals surface area contributed by atoms with E-state index in [0.29, 0.717) is 19.5 Å². The average Bonchev–Trinajstić information content (AvgIpc) is 3.56. The van der Waals surface area contributed by atoms with E-state index in [-0.39, 0.29) is 6.09 Å². The molecule has 3 aromatic heterocycles. The molecule has 0 radical (unpaired) electrons. The zero-order chi connectivity index (χ0) is 26.3. The third kappa shape index (κ3) is 4.58. The van der Waals surface area contributed by atoms with E-state index in [2.05, 4.69) is 55.2 Å². The van der Waals surface area contributed by atoms with Gasteiger partial charge in [-0.3, -0.25) is 4.90 Å². The number of aromatic amines is 2. The van der Waals surface area contributed by atoms with Crippen molar-refractivity contribution in [3.8, 4) is 0 Å². The van der Waals surface area contributed by atoms with E-state index in [1.807, 2.05) is 51.1 Å². The Balaban J connectivity index is 1.37. The van der Waals surface area contributed by atoms with E-state index in [4.69, 9.17) is 9.72 Å². The fourth-order valence-electron chi connectivity index (χ4n) is 4.72. The highest BCUT2D eigenvalue weighted by Crippen LogP contribution is 2.38. The second-order valence-corrected chi connectivity index (χ2v) is 10.3. The second kappa shape index (κ2) is 9.33. The minimum Gasteiger partial charge on any atom is -0.444 e. The predicted octanol–water partition coefficient (Wildman–Crippen LogP) is 6.33. The molecule has 192 valence electrons. The number of carbonyl (C=O) groups excluding carboxylic acids is 1. The molecule has 0 fully saturated rings. The first kappa shape index (κ1) is 23.7. The van der Waals surface area contributed by atoms with Crippen LogP contribution in [-0.2, 0) is 4.74 Å². The van der Waals surface area contributed by atoms with Gasteiger partial charge in [0.05, 0.1) is 22.7 Å². The van der Waals surface area contributed by atoms with E-state index >= 15 is 0 Å². The van der Waals surface area contributed by atoms with Gasteiger partial charge < -0.3 is 19.6 Å². The number of rotatable bonds is 4. The lowest BCUT2D eigenvalue weighted by Crippen LogP contribution is -2.39. The van der Waals surface area contributed by atoms with Gasteiger partial charge in [0.25, 0.3) is 0 Å². The number of amides is 1. The molecule has 0 bridgehead atoms. The standard InChI is InChI=1S/C29H29N7O2/c1-29(2,3)38-28(37)35-13-11-19(12-14-35)24-16-22-26(34-24)32-18-33-27(22)36(20-7-5-4-6-8-20)21-9-10-23-25(15-21)31-17-30-23/h4-11,15-18H,12-14H2,1-3H3,(H,30,31)(H,32,33,34). The molecule has 9 nitrogen and oxygen atoms in total. The van der Waals surface area contributed by atoms with Gasteiger partial charge in [-0.1, -0.05) is 24.3 Å². The molecule has 0 aliphatic carbocycles. The van der Waals surface area contributed by atoms with Crippen molar-refractivity contribution in [2.45, 2.75) is 32.8 Å². The minimum atomic E-state index is -0.514. The van der Waals surface area contributed by atoms with Crippen LogP contribution in [0.4, 0.5) is 22.0 Å². The number of hydrogen-bond donors (Lipinski definition) is 2. The highest BCUT2D eigenvalue weighted by atomic mass is 16.6. The summed E-state index contributed by atoms with van der Waals surface area (Å²) in [6.45, 7) is 6.73. The highest BCUT2D eigenvalue weighted by Gasteiger charge is 2.25. The fourth-order valence-corrected chi connectivity index (χ4v) is 4.72. The summed E-state index contributed by atoms with van der Waals surface area (Å²) in [6.07, 6.45) is 5.79. The molecule has 0 unspecified atom stereocenters.